The number of nitrogens with zero attached hydrogens (tertiary/aromatic N) is 3. The number of hydrogen-bond acceptors (Lipinski definition) is 4. The highest BCUT2D eigenvalue weighted by Crippen LogP contribution is 2.47. The quantitative estimate of drug-likeness (QED) is 0.836. The van der Waals surface area contributed by atoms with E-state index in [1.165, 1.54) is 31.4 Å². The summed E-state index contributed by atoms with van der Waals surface area (Å²) < 4.78 is 2.11. The van der Waals surface area contributed by atoms with Gasteiger partial charge in [0, 0.05) is 30.7 Å². The third-order valence-electron chi connectivity index (χ3n) is 6.89. The van der Waals surface area contributed by atoms with Gasteiger partial charge in [-0.2, -0.15) is 5.10 Å². The Hall–Kier alpha value is -1.40. The van der Waals surface area contributed by atoms with Gasteiger partial charge in [0.2, 0.25) is 5.91 Å². The molecule has 4 rings (SSSR count). The van der Waals surface area contributed by atoms with E-state index in [2.05, 4.69) is 45.4 Å². The van der Waals surface area contributed by atoms with Crippen molar-refractivity contribution in [3.8, 4) is 0 Å². The Kier molecular flexibility index (Phi) is 4.59. The van der Waals surface area contributed by atoms with E-state index in [-0.39, 0.29) is 17.4 Å². The number of nitrogens with one attached hydrogen (secondary N) is 2. The van der Waals surface area contributed by atoms with Gasteiger partial charge in [-0.1, -0.05) is 0 Å². The smallest absolute Gasteiger partial charge is 0.237 e. The number of aromatic nitrogens is 2. The molecule has 0 bridgehead atoms. The van der Waals surface area contributed by atoms with Crippen molar-refractivity contribution in [3.63, 3.8) is 0 Å². The summed E-state index contributed by atoms with van der Waals surface area (Å²) in [5, 5.41) is 11.3. The average molecular weight is 360 g/mol. The van der Waals surface area contributed by atoms with Gasteiger partial charge >= 0.3 is 0 Å². The van der Waals surface area contributed by atoms with Crippen LogP contribution >= 0.6 is 0 Å². The maximum absolute atomic E-state index is 12.9. The molecule has 144 valence electrons. The number of carbonyl (C=O) groups excluding carboxylic acids is 1. The standard InChI is InChI=1S/C20H33N5O/c1-15-10-16(2)25(23-15)14-20(4-5-20)12-22-18(26)17-11-19(13-24(17)3)6-8-21-9-7-19/h10,17,21H,4-9,11-14H2,1-3H3,(H,22,26)/t17-/m0/s1. The lowest BCUT2D eigenvalue weighted by Crippen LogP contribution is -2.44. The Bertz CT molecular complexity index is 672. The van der Waals surface area contributed by atoms with Gasteiger partial charge in [-0.05, 0) is 77.6 Å². The van der Waals surface area contributed by atoms with Crippen LogP contribution in [0.4, 0.5) is 0 Å². The first-order valence-electron chi connectivity index (χ1n) is 10.1. The highest BCUT2D eigenvalue weighted by atomic mass is 16.2. The third kappa shape index (κ3) is 3.54. The monoisotopic (exact) mass is 359 g/mol. The molecule has 1 saturated carbocycles. The number of piperidine rings is 1. The molecule has 1 aromatic rings. The molecule has 2 saturated heterocycles. The molecule has 0 radical (unpaired) electrons. The molecule has 3 aliphatic rings. The Morgan fingerprint density at radius 3 is 2.65 bits per heavy atom. The maximum Gasteiger partial charge on any atom is 0.237 e. The van der Waals surface area contributed by atoms with Crippen LogP contribution in [-0.4, -0.2) is 59.9 Å². The molecule has 1 aromatic heterocycles. The van der Waals surface area contributed by atoms with Gasteiger partial charge in [-0.15, -0.1) is 0 Å². The largest absolute Gasteiger partial charge is 0.354 e. The van der Waals surface area contributed by atoms with E-state index < -0.39 is 0 Å². The van der Waals surface area contributed by atoms with Gasteiger partial charge in [0.1, 0.15) is 0 Å². The predicted molar refractivity (Wildman–Crippen MR) is 102 cm³/mol. The molecule has 1 atom stereocenters. The van der Waals surface area contributed by atoms with Crippen molar-refractivity contribution in [2.24, 2.45) is 10.8 Å². The van der Waals surface area contributed by atoms with Crippen LogP contribution in [0.2, 0.25) is 0 Å². The first kappa shape index (κ1) is 18.0. The molecular formula is C20H33N5O. The summed E-state index contributed by atoms with van der Waals surface area (Å²) in [6.07, 6.45) is 5.77. The van der Waals surface area contributed by atoms with E-state index in [1.807, 2.05) is 6.92 Å². The van der Waals surface area contributed by atoms with Crippen LogP contribution in [0.1, 0.15) is 43.5 Å². The van der Waals surface area contributed by atoms with E-state index in [9.17, 15) is 4.79 Å². The van der Waals surface area contributed by atoms with Crippen molar-refractivity contribution >= 4 is 5.91 Å². The Morgan fingerprint density at radius 2 is 2.04 bits per heavy atom. The van der Waals surface area contributed by atoms with Crippen molar-refractivity contribution in [1.29, 1.82) is 0 Å². The molecule has 26 heavy (non-hydrogen) atoms. The van der Waals surface area contributed by atoms with Crippen LogP contribution in [0.25, 0.3) is 0 Å². The van der Waals surface area contributed by atoms with Gasteiger partial charge in [-0.3, -0.25) is 14.4 Å². The Labute approximate surface area is 156 Å². The molecular weight excluding hydrogens is 326 g/mol. The molecule has 3 heterocycles. The first-order valence-corrected chi connectivity index (χ1v) is 10.1. The molecule has 2 aliphatic heterocycles. The van der Waals surface area contributed by atoms with E-state index >= 15 is 0 Å². The lowest BCUT2D eigenvalue weighted by Gasteiger charge is -2.33. The second kappa shape index (κ2) is 6.64. The van der Waals surface area contributed by atoms with Crippen LogP contribution in [0.5, 0.6) is 0 Å². The topological polar surface area (TPSA) is 62.2 Å². The van der Waals surface area contributed by atoms with Crippen molar-refractivity contribution < 1.29 is 4.79 Å². The Balaban J connectivity index is 1.33. The number of likely N-dealkylation sites (N-methyl/N-ethyl adjacent to an activating group) is 1. The lowest BCUT2D eigenvalue weighted by molar-refractivity contribution is -0.125. The van der Waals surface area contributed by atoms with Crippen LogP contribution in [-0.2, 0) is 11.3 Å². The molecule has 1 amide bonds. The van der Waals surface area contributed by atoms with Crippen LogP contribution < -0.4 is 10.6 Å². The average Bonchev–Trinajstić information content (AvgIpc) is 3.20. The summed E-state index contributed by atoms with van der Waals surface area (Å²) in [5.74, 6) is 0.225. The highest BCUT2D eigenvalue weighted by molar-refractivity contribution is 5.82. The van der Waals surface area contributed by atoms with Crippen molar-refractivity contribution in [2.75, 3.05) is 33.2 Å². The van der Waals surface area contributed by atoms with Crippen molar-refractivity contribution in [3.05, 3.63) is 17.5 Å². The van der Waals surface area contributed by atoms with Gasteiger partial charge in [0.05, 0.1) is 11.7 Å². The van der Waals surface area contributed by atoms with Crippen LogP contribution in [0, 0.1) is 24.7 Å². The lowest BCUT2D eigenvalue weighted by atomic mass is 9.77. The van der Waals surface area contributed by atoms with E-state index in [0.29, 0.717) is 5.41 Å². The number of aryl methyl sites for hydroxylation is 2. The predicted octanol–water partition coefficient (Wildman–Crippen LogP) is 1.47. The van der Waals surface area contributed by atoms with E-state index in [4.69, 9.17) is 0 Å². The SMILES string of the molecule is Cc1cc(C)n(CC2(CNC(=O)[C@@H]3CC4(CCNCC4)CN3C)CC2)n1. The fourth-order valence-corrected chi connectivity index (χ4v) is 4.99. The summed E-state index contributed by atoms with van der Waals surface area (Å²) in [6, 6.07) is 2.17. The second-order valence-corrected chi connectivity index (χ2v) is 9.19. The van der Waals surface area contributed by atoms with Gasteiger partial charge < -0.3 is 10.6 Å². The normalized spacial score (nSPS) is 27.0. The minimum atomic E-state index is 0.0394. The van der Waals surface area contributed by atoms with Crippen LogP contribution in [0.15, 0.2) is 6.07 Å². The van der Waals surface area contributed by atoms with Gasteiger partial charge in [-0.25, -0.2) is 0 Å². The molecule has 1 aliphatic carbocycles. The maximum atomic E-state index is 12.9. The summed E-state index contributed by atoms with van der Waals surface area (Å²) in [5.41, 5.74) is 2.84. The zero-order valence-electron chi connectivity index (χ0n) is 16.5. The van der Waals surface area contributed by atoms with Gasteiger partial charge in [0.15, 0.2) is 0 Å². The summed E-state index contributed by atoms with van der Waals surface area (Å²) in [6.45, 7) is 9.09. The zero-order valence-corrected chi connectivity index (χ0v) is 16.5. The first-order chi connectivity index (χ1) is 12.4. The minimum absolute atomic E-state index is 0.0394. The highest BCUT2D eigenvalue weighted by Gasteiger charge is 2.47. The van der Waals surface area contributed by atoms with Gasteiger partial charge in [0.25, 0.3) is 0 Å². The molecule has 0 unspecified atom stereocenters. The van der Waals surface area contributed by atoms with E-state index in [1.54, 1.807) is 0 Å². The zero-order chi connectivity index (χ0) is 18.4. The fourth-order valence-electron chi connectivity index (χ4n) is 4.99. The van der Waals surface area contributed by atoms with Crippen LogP contribution in [0.3, 0.4) is 0 Å². The number of rotatable bonds is 5. The number of likely N-dealkylation sites (tertiary alicyclic amines) is 1. The Morgan fingerprint density at radius 1 is 1.31 bits per heavy atom. The number of amides is 1. The summed E-state index contributed by atoms with van der Waals surface area (Å²) in [7, 11) is 2.11. The molecule has 6 nitrogen and oxygen atoms in total. The molecule has 1 spiro atoms. The number of hydrogen-bond donors (Lipinski definition) is 2. The fraction of sp³-hybridized carbons (Fsp3) is 0.800. The molecule has 2 N–H and O–H groups in total. The summed E-state index contributed by atoms with van der Waals surface area (Å²) >= 11 is 0. The number of carbonyl (C=O) groups is 1. The summed E-state index contributed by atoms with van der Waals surface area (Å²) in [4.78, 5) is 15.2. The minimum Gasteiger partial charge on any atom is -0.354 e. The van der Waals surface area contributed by atoms with E-state index in [0.717, 1.165) is 44.8 Å². The molecule has 3 fully saturated rings. The molecule has 0 aromatic carbocycles. The third-order valence-corrected chi connectivity index (χ3v) is 6.89. The second-order valence-electron chi connectivity index (χ2n) is 9.19. The van der Waals surface area contributed by atoms with Crippen molar-refractivity contribution in [1.82, 2.24) is 25.3 Å². The molecule has 6 heteroatoms. The van der Waals surface area contributed by atoms with Crippen molar-refractivity contribution in [2.45, 2.75) is 58.5 Å².